The fourth-order valence-corrected chi connectivity index (χ4v) is 6.73. The van der Waals surface area contributed by atoms with E-state index in [-0.39, 0.29) is 41.3 Å². The number of nitrogens with zero attached hydrogens (tertiary/aromatic N) is 5. The number of nitrogens with one attached hydrogen (secondary N) is 2. The van der Waals surface area contributed by atoms with Gasteiger partial charge in [-0.2, -0.15) is 4.72 Å². The van der Waals surface area contributed by atoms with Crippen molar-refractivity contribution in [3.63, 3.8) is 0 Å². The van der Waals surface area contributed by atoms with Crippen molar-refractivity contribution in [3.05, 3.63) is 27.6 Å². The first-order valence-electron chi connectivity index (χ1n) is 11.7. The van der Waals surface area contributed by atoms with E-state index in [1.165, 1.54) is 16.7 Å². The monoisotopic (exact) mass is 561 g/mol. The van der Waals surface area contributed by atoms with Crippen LogP contribution in [0.25, 0.3) is 16.2 Å². The van der Waals surface area contributed by atoms with Crippen molar-refractivity contribution in [1.29, 1.82) is 0 Å². The largest absolute Gasteiger partial charge is 0.377 e. The fraction of sp³-hybridized carbons (Fsp3) is 0.571. The number of aromatic nitrogens is 4. The summed E-state index contributed by atoms with van der Waals surface area (Å²) >= 11 is 0.551. The van der Waals surface area contributed by atoms with Gasteiger partial charge in [-0.05, 0) is 26.0 Å². The minimum Gasteiger partial charge on any atom is -0.377 e. The van der Waals surface area contributed by atoms with Gasteiger partial charge in [-0.15, -0.1) is 10.2 Å². The predicted octanol–water partition coefficient (Wildman–Crippen LogP) is 1.42. The van der Waals surface area contributed by atoms with Crippen molar-refractivity contribution < 1.29 is 26.3 Å². The van der Waals surface area contributed by atoms with Crippen LogP contribution in [0.2, 0.25) is 0 Å². The number of imidazole rings is 1. The number of halogens is 3. The summed E-state index contributed by atoms with van der Waals surface area (Å²) in [4.78, 5) is 15.3. The SMILES string of the molecule is CCn1c(=O)n(-c2nnc(C(F)F)s2)c2cc(S(=O)(=O)NC3(CF)COC3)cc(N3CCN[C@@H](C)C3)c21. The Morgan fingerprint density at radius 3 is 2.65 bits per heavy atom. The summed E-state index contributed by atoms with van der Waals surface area (Å²) in [5.41, 5.74) is -0.818. The number of sulfonamides is 1. The zero-order valence-electron chi connectivity index (χ0n) is 20.1. The molecule has 2 aromatic heterocycles. The van der Waals surface area contributed by atoms with Crippen LogP contribution < -0.4 is 20.6 Å². The molecule has 202 valence electrons. The Morgan fingerprint density at radius 1 is 1.32 bits per heavy atom. The van der Waals surface area contributed by atoms with E-state index in [1.54, 1.807) is 6.92 Å². The number of anilines is 1. The number of hydrogen-bond acceptors (Lipinski definition) is 9. The van der Waals surface area contributed by atoms with E-state index < -0.39 is 39.4 Å². The molecule has 11 nitrogen and oxygen atoms in total. The molecule has 1 aromatic carbocycles. The average Bonchev–Trinajstić information content (AvgIpc) is 3.42. The van der Waals surface area contributed by atoms with Gasteiger partial charge in [0.05, 0.1) is 34.8 Å². The Balaban J connectivity index is 1.76. The van der Waals surface area contributed by atoms with Crippen molar-refractivity contribution in [2.45, 2.75) is 43.3 Å². The lowest BCUT2D eigenvalue weighted by molar-refractivity contribution is -0.0725. The van der Waals surface area contributed by atoms with Crippen LogP contribution >= 0.6 is 11.3 Å². The van der Waals surface area contributed by atoms with Gasteiger partial charge in [0.25, 0.3) is 6.43 Å². The topological polar surface area (TPSA) is 123 Å². The molecule has 0 saturated carbocycles. The minimum absolute atomic E-state index is 0.0877. The average molecular weight is 562 g/mol. The van der Waals surface area contributed by atoms with Gasteiger partial charge in [-0.1, -0.05) is 11.3 Å². The lowest BCUT2D eigenvalue weighted by Gasteiger charge is -2.39. The molecule has 0 bridgehead atoms. The quantitative estimate of drug-likeness (QED) is 0.423. The molecule has 2 saturated heterocycles. The molecule has 2 aliphatic heterocycles. The lowest BCUT2D eigenvalue weighted by Crippen LogP contribution is -2.63. The third-order valence-corrected chi connectivity index (χ3v) is 8.96. The molecule has 0 unspecified atom stereocenters. The minimum atomic E-state index is -4.26. The highest BCUT2D eigenvalue weighted by atomic mass is 32.2. The molecule has 4 heterocycles. The first kappa shape index (κ1) is 26.1. The molecule has 5 rings (SSSR count). The maximum Gasteiger partial charge on any atom is 0.335 e. The Hall–Kier alpha value is -2.53. The van der Waals surface area contributed by atoms with Crippen LogP contribution in [0.15, 0.2) is 21.8 Å². The number of aryl methyl sites for hydroxylation is 1. The van der Waals surface area contributed by atoms with E-state index in [9.17, 15) is 26.4 Å². The van der Waals surface area contributed by atoms with Gasteiger partial charge in [0.15, 0.2) is 5.01 Å². The maximum atomic E-state index is 13.7. The number of fused-ring (bicyclic) bond motifs is 1. The standard InChI is InChI=1S/C21H26F3N7O4S2/c1-3-30-16-14(29-5-4-25-12(2)8-29)6-13(37(33,34)28-21(9-22)10-35-11-21)7-15(16)31(20(30)32)19-27-26-18(36-19)17(23)24/h6-7,12,17,25,28H,3-5,8-11H2,1-2H3/t12-/m0/s1. The second kappa shape index (κ2) is 9.65. The molecule has 37 heavy (non-hydrogen) atoms. The van der Waals surface area contributed by atoms with Crippen LogP contribution in [-0.2, 0) is 21.3 Å². The van der Waals surface area contributed by atoms with E-state index >= 15 is 0 Å². The second-order valence-electron chi connectivity index (χ2n) is 9.21. The van der Waals surface area contributed by atoms with Crippen molar-refractivity contribution in [2.24, 2.45) is 0 Å². The number of benzene rings is 1. The zero-order chi connectivity index (χ0) is 26.5. The molecule has 0 spiro atoms. The molecule has 2 N–H and O–H groups in total. The van der Waals surface area contributed by atoms with E-state index in [0.29, 0.717) is 42.2 Å². The molecule has 0 radical (unpaired) electrons. The fourth-order valence-electron chi connectivity index (χ4n) is 4.63. The Labute approximate surface area is 214 Å². The van der Waals surface area contributed by atoms with E-state index in [0.717, 1.165) is 4.57 Å². The molecule has 0 aliphatic carbocycles. The third kappa shape index (κ3) is 4.54. The first-order chi connectivity index (χ1) is 17.6. The molecular formula is C21H26F3N7O4S2. The highest BCUT2D eigenvalue weighted by Crippen LogP contribution is 2.34. The van der Waals surface area contributed by atoms with Gasteiger partial charge >= 0.3 is 5.69 Å². The van der Waals surface area contributed by atoms with Crippen molar-refractivity contribution >= 4 is 38.1 Å². The summed E-state index contributed by atoms with van der Waals surface area (Å²) in [5, 5.41) is 9.94. The van der Waals surface area contributed by atoms with Crippen LogP contribution in [0, 0.1) is 0 Å². The van der Waals surface area contributed by atoms with Gasteiger partial charge in [0.2, 0.25) is 15.2 Å². The Bertz CT molecular complexity index is 1480. The molecule has 3 aromatic rings. The summed E-state index contributed by atoms with van der Waals surface area (Å²) in [6, 6.07) is 2.84. The predicted molar refractivity (Wildman–Crippen MR) is 131 cm³/mol. The van der Waals surface area contributed by atoms with Crippen LogP contribution in [-0.4, -0.2) is 78.9 Å². The van der Waals surface area contributed by atoms with E-state index in [4.69, 9.17) is 4.74 Å². The number of rotatable bonds is 8. The molecule has 1 atom stereocenters. The maximum absolute atomic E-state index is 13.7. The smallest absolute Gasteiger partial charge is 0.335 e. The highest BCUT2D eigenvalue weighted by Gasteiger charge is 2.43. The Kier molecular flexibility index (Phi) is 6.81. The van der Waals surface area contributed by atoms with Crippen LogP contribution in [0.4, 0.5) is 18.9 Å². The lowest BCUT2D eigenvalue weighted by atomic mass is 10.0. The molecule has 0 amide bonds. The summed E-state index contributed by atoms with van der Waals surface area (Å²) in [5.74, 6) is 0. The summed E-state index contributed by atoms with van der Waals surface area (Å²) in [6.45, 7) is 4.52. The van der Waals surface area contributed by atoms with Crippen molar-refractivity contribution in [2.75, 3.05) is 44.4 Å². The first-order valence-corrected chi connectivity index (χ1v) is 14.0. The van der Waals surface area contributed by atoms with Crippen molar-refractivity contribution in [1.82, 2.24) is 29.4 Å². The third-order valence-electron chi connectivity index (χ3n) is 6.48. The second-order valence-corrected chi connectivity index (χ2v) is 11.9. The van der Waals surface area contributed by atoms with Gasteiger partial charge in [0.1, 0.15) is 12.2 Å². The summed E-state index contributed by atoms with van der Waals surface area (Å²) < 4.78 is 77.1. The number of hydrogen-bond donors (Lipinski definition) is 2. The van der Waals surface area contributed by atoms with Gasteiger partial charge in [-0.3, -0.25) is 4.57 Å². The number of alkyl halides is 3. The number of ether oxygens (including phenoxy) is 1. The van der Waals surface area contributed by atoms with Crippen LogP contribution in [0.5, 0.6) is 0 Å². The van der Waals surface area contributed by atoms with E-state index in [2.05, 4.69) is 20.2 Å². The van der Waals surface area contributed by atoms with Gasteiger partial charge in [-0.25, -0.2) is 31.0 Å². The van der Waals surface area contributed by atoms with Gasteiger partial charge < -0.3 is 15.0 Å². The molecular weight excluding hydrogens is 535 g/mol. The van der Waals surface area contributed by atoms with Crippen molar-refractivity contribution in [3.8, 4) is 5.13 Å². The molecule has 2 fully saturated rings. The summed E-state index contributed by atoms with van der Waals surface area (Å²) in [7, 11) is -4.26. The summed E-state index contributed by atoms with van der Waals surface area (Å²) in [6.07, 6.45) is -2.87. The normalized spacial score (nSPS) is 20.1. The highest BCUT2D eigenvalue weighted by molar-refractivity contribution is 7.89. The van der Waals surface area contributed by atoms with Crippen LogP contribution in [0.3, 0.4) is 0 Å². The number of piperazine rings is 1. The van der Waals surface area contributed by atoms with Gasteiger partial charge in [0, 0.05) is 32.2 Å². The zero-order valence-corrected chi connectivity index (χ0v) is 21.7. The molecule has 2 aliphatic rings. The Morgan fingerprint density at radius 2 is 2.08 bits per heavy atom. The van der Waals surface area contributed by atoms with E-state index in [1.807, 2.05) is 11.8 Å². The molecule has 16 heteroatoms. The van der Waals surface area contributed by atoms with Crippen LogP contribution in [0.1, 0.15) is 25.3 Å².